The molecule has 2 amide bonds. The molecule has 18 heavy (non-hydrogen) atoms. The monoisotopic (exact) mass is 258 g/mol. The molecule has 6 heteroatoms. The summed E-state index contributed by atoms with van der Waals surface area (Å²) in [7, 11) is 0. The summed E-state index contributed by atoms with van der Waals surface area (Å²) >= 11 is 0. The number of hydrogen-bond donors (Lipinski definition) is 3. The molecule has 1 atom stereocenters. The number of nitrogens with one attached hydrogen (secondary N) is 2. The Kier molecular flexibility index (Phi) is 8.61. The van der Waals surface area contributed by atoms with Crippen LogP contribution in [-0.2, 0) is 14.4 Å². The first-order valence-electron chi connectivity index (χ1n) is 6.23. The van der Waals surface area contributed by atoms with E-state index in [1.807, 2.05) is 6.92 Å². The largest absolute Gasteiger partial charge is 0.481 e. The molecule has 0 bridgehead atoms. The zero-order valence-corrected chi connectivity index (χ0v) is 11.0. The number of carbonyl (C=O) groups excluding carboxylic acids is 2. The molecule has 0 heterocycles. The number of hydrogen-bond acceptors (Lipinski definition) is 3. The van der Waals surface area contributed by atoms with Gasteiger partial charge in [0.1, 0.15) is 0 Å². The number of carboxylic acid groups (broad SMARTS) is 1. The molecule has 0 saturated carbocycles. The van der Waals surface area contributed by atoms with Crippen LogP contribution in [-0.4, -0.2) is 36.0 Å². The van der Waals surface area contributed by atoms with E-state index in [1.54, 1.807) is 6.92 Å². The zero-order chi connectivity index (χ0) is 14.0. The first-order valence-corrected chi connectivity index (χ1v) is 6.23. The second-order valence-electron chi connectivity index (χ2n) is 4.24. The highest BCUT2D eigenvalue weighted by molar-refractivity contribution is 5.82. The van der Waals surface area contributed by atoms with Gasteiger partial charge in [0.25, 0.3) is 0 Å². The van der Waals surface area contributed by atoms with Crippen LogP contribution >= 0.6 is 0 Å². The van der Waals surface area contributed by atoms with E-state index in [0.717, 1.165) is 12.8 Å². The Hall–Kier alpha value is -1.59. The normalized spacial score (nSPS) is 11.7. The molecule has 0 aliphatic carbocycles. The molecule has 0 rings (SSSR count). The lowest BCUT2D eigenvalue weighted by Crippen LogP contribution is -2.37. The Morgan fingerprint density at radius 2 is 1.78 bits per heavy atom. The van der Waals surface area contributed by atoms with Crippen LogP contribution < -0.4 is 10.6 Å². The van der Waals surface area contributed by atoms with Crippen molar-refractivity contribution in [2.45, 2.75) is 39.5 Å². The van der Waals surface area contributed by atoms with E-state index in [1.165, 1.54) is 0 Å². The van der Waals surface area contributed by atoms with Gasteiger partial charge in [-0.05, 0) is 6.42 Å². The topological polar surface area (TPSA) is 95.5 Å². The fourth-order valence-corrected chi connectivity index (χ4v) is 1.34. The van der Waals surface area contributed by atoms with Gasteiger partial charge in [0.15, 0.2) is 0 Å². The van der Waals surface area contributed by atoms with E-state index < -0.39 is 11.9 Å². The third-order valence-electron chi connectivity index (χ3n) is 2.43. The van der Waals surface area contributed by atoms with Crippen LogP contribution in [0, 0.1) is 5.92 Å². The molecule has 0 spiro atoms. The summed E-state index contributed by atoms with van der Waals surface area (Å²) in [6.07, 6.45) is 2.14. The molecule has 0 fully saturated rings. The summed E-state index contributed by atoms with van der Waals surface area (Å²) in [5, 5.41) is 13.8. The SMILES string of the molecule is CCCCC(=O)NCCNC(=O)C(C)CC(=O)O. The highest BCUT2D eigenvalue weighted by Crippen LogP contribution is 2.00. The molecule has 104 valence electrons. The van der Waals surface area contributed by atoms with E-state index in [-0.39, 0.29) is 18.2 Å². The Labute approximate surface area is 107 Å². The van der Waals surface area contributed by atoms with Crippen molar-refractivity contribution in [3.8, 4) is 0 Å². The quantitative estimate of drug-likeness (QED) is 0.525. The van der Waals surface area contributed by atoms with Gasteiger partial charge in [0.2, 0.25) is 11.8 Å². The molecular weight excluding hydrogens is 236 g/mol. The number of amides is 2. The summed E-state index contributed by atoms with van der Waals surface area (Å²) < 4.78 is 0. The smallest absolute Gasteiger partial charge is 0.304 e. The molecular formula is C12H22N2O4. The van der Waals surface area contributed by atoms with E-state index in [2.05, 4.69) is 10.6 Å². The number of unbranched alkanes of at least 4 members (excludes halogenated alkanes) is 1. The van der Waals surface area contributed by atoms with Gasteiger partial charge in [0.05, 0.1) is 6.42 Å². The predicted molar refractivity (Wildman–Crippen MR) is 67.0 cm³/mol. The summed E-state index contributed by atoms with van der Waals surface area (Å²) in [6.45, 7) is 4.26. The van der Waals surface area contributed by atoms with Crippen molar-refractivity contribution in [1.29, 1.82) is 0 Å². The van der Waals surface area contributed by atoms with Crippen molar-refractivity contribution < 1.29 is 19.5 Å². The van der Waals surface area contributed by atoms with Crippen LogP contribution in [0.25, 0.3) is 0 Å². The van der Waals surface area contributed by atoms with Gasteiger partial charge in [-0.3, -0.25) is 14.4 Å². The van der Waals surface area contributed by atoms with Crippen molar-refractivity contribution in [2.24, 2.45) is 5.92 Å². The molecule has 0 saturated heterocycles. The molecule has 0 aliphatic heterocycles. The number of carbonyl (C=O) groups is 3. The molecule has 0 aromatic heterocycles. The Bertz CT molecular complexity index is 292. The third-order valence-corrected chi connectivity index (χ3v) is 2.43. The highest BCUT2D eigenvalue weighted by atomic mass is 16.4. The van der Waals surface area contributed by atoms with E-state index in [0.29, 0.717) is 19.5 Å². The zero-order valence-electron chi connectivity index (χ0n) is 11.0. The summed E-state index contributed by atoms with van der Waals surface area (Å²) in [4.78, 5) is 33.0. The minimum atomic E-state index is -0.995. The second-order valence-corrected chi connectivity index (χ2v) is 4.24. The Morgan fingerprint density at radius 3 is 2.33 bits per heavy atom. The number of carboxylic acids is 1. The molecule has 3 N–H and O–H groups in total. The van der Waals surface area contributed by atoms with Crippen LogP contribution in [0.15, 0.2) is 0 Å². The minimum Gasteiger partial charge on any atom is -0.481 e. The van der Waals surface area contributed by atoms with Crippen LogP contribution in [0.2, 0.25) is 0 Å². The van der Waals surface area contributed by atoms with E-state index in [9.17, 15) is 14.4 Å². The maximum atomic E-state index is 11.4. The standard InChI is InChI=1S/C12H22N2O4/c1-3-4-5-10(15)13-6-7-14-12(18)9(2)8-11(16)17/h9H,3-8H2,1-2H3,(H,13,15)(H,14,18)(H,16,17). The predicted octanol–water partition coefficient (Wildman–Crippen LogP) is 0.520. The lowest BCUT2D eigenvalue weighted by Gasteiger charge is -2.10. The lowest BCUT2D eigenvalue weighted by atomic mass is 10.1. The lowest BCUT2D eigenvalue weighted by molar-refractivity contribution is -0.140. The van der Waals surface area contributed by atoms with Crippen LogP contribution in [0.3, 0.4) is 0 Å². The second kappa shape index (κ2) is 9.44. The first kappa shape index (κ1) is 16.4. The van der Waals surface area contributed by atoms with Crippen molar-refractivity contribution in [1.82, 2.24) is 10.6 Å². The highest BCUT2D eigenvalue weighted by Gasteiger charge is 2.15. The third kappa shape index (κ3) is 8.55. The molecule has 0 aromatic carbocycles. The summed E-state index contributed by atoms with van der Waals surface area (Å²) in [5.74, 6) is -1.88. The fraction of sp³-hybridized carbons (Fsp3) is 0.750. The van der Waals surface area contributed by atoms with Gasteiger partial charge in [0, 0.05) is 25.4 Å². The van der Waals surface area contributed by atoms with Crippen molar-refractivity contribution in [3.63, 3.8) is 0 Å². The average Bonchev–Trinajstić information content (AvgIpc) is 2.30. The molecule has 6 nitrogen and oxygen atoms in total. The van der Waals surface area contributed by atoms with Crippen molar-refractivity contribution in [2.75, 3.05) is 13.1 Å². The van der Waals surface area contributed by atoms with Gasteiger partial charge < -0.3 is 15.7 Å². The maximum absolute atomic E-state index is 11.4. The van der Waals surface area contributed by atoms with Gasteiger partial charge in [-0.1, -0.05) is 20.3 Å². The first-order chi connectivity index (χ1) is 8.47. The maximum Gasteiger partial charge on any atom is 0.304 e. The fourth-order valence-electron chi connectivity index (χ4n) is 1.34. The Morgan fingerprint density at radius 1 is 1.17 bits per heavy atom. The van der Waals surface area contributed by atoms with Gasteiger partial charge >= 0.3 is 5.97 Å². The van der Waals surface area contributed by atoms with E-state index in [4.69, 9.17) is 5.11 Å². The van der Waals surface area contributed by atoms with Crippen LogP contribution in [0.1, 0.15) is 39.5 Å². The summed E-state index contributed by atoms with van der Waals surface area (Å²) in [5.41, 5.74) is 0. The summed E-state index contributed by atoms with van der Waals surface area (Å²) in [6, 6.07) is 0. The Balaban J connectivity index is 3.62. The number of rotatable bonds is 9. The molecule has 1 unspecified atom stereocenters. The van der Waals surface area contributed by atoms with Crippen molar-refractivity contribution >= 4 is 17.8 Å². The van der Waals surface area contributed by atoms with Crippen molar-refractivity contribution in [3.05, 3.63) is 0 Å². The van der Waals surface area contributed by atoms with Gasteiger partial charge in [-0.2, -0.15) is 0 Å². The average molecular weight is 258 g/mol. The molecule has 0 radical (unpaired) electrons. The van der Waals surface area contributed by atoms with Crippen LogP contribution in [0.4, 0.5) is 0 Å². The number of aliphatic carboxylic acids is 1. The van der Waals surface area contributed by atoms with Gasteiger partial charge in [-0.15, -0.1) is 0 Å². The molecule has 0 aliphatic rings. The minimum absolute atomic E-state index is 0.0234. The molecule has 0 aromatic rings. The van der Waals surface area contributed by atoms with Crippen LogP contribution in [0.5, 0.6) is 0 Å². The van der Waals surface area contributed by atoms with Gasteiger partial charge in [-0.25, -0.2) is 0 Å². The van der Waals surface area contributed by atoms with E-state index >= 15 is 0 Å².